The molecule has 2 N–H and O–H groups in total. The van der Waals surface area contributed by atoms with Crippen LogP contribution < -0.4 is 10.6 Å². The van der Waals surface area contributed by atoms with Gasteiger partial charge >= 0.3 is 0 Å². The first-order valence-electron chi connectivity index (χ1n) is 5.37. The summed E-state index contributed by atoms with van der Waals surface area (Å²) in [6.07, 6.45) is 0. The van der Waals surface area contributed by atoms with E-state index in [2.05, 4.69) is 10.6 Å². The molecule has 0 saturated heterocycles. The molecule has 0 unspecified atom stereocenters. The van der Waals surface area contributed by atoms with Gasteiger partial charge in [-0.25, -0.2) is 0 Å². The van der Waals surface area contributed by atoms with Crippen molar-refractivity contribution in [3.8, 4) is 0 Å². The maximum absolute atomic E-state index is 11.6. The number of carbonyl (C=O) groups is 2. The van der Waals surface area contributed by atoms with Gasteiger partial charge in [-0.2, -0.15) is 0 Å². The summed E-state index contributed by atoms with van der Waals surface area (Å²) < 4.78 is 0. The van der Waals surface area contributed by atoms with E-state index in [0.717, 1.165) is 5.56 Å². The number of rotatable bonds is 5. The van der Waals surface area contributed by atoms with E-state index < -0.39 is 0 Å². The van der Waals surface area contributed by atoms with Crippen LogP contribution in [0, 0.1) is 0 Å². The summed E-state index contributed by atoms with van der Waals surface area (Å²) in [6, 6.07) is 7.11. The minimum Gasteiger partial charge on any atom is -0.352 e. The lowest BCUT2D eigenvalue weighted by atomic mass is 10.1. The summed E-state index contributed by atoms with van der Waals surface area (Å²) in [5.74, 6) is -0.399. The molecule has 92 valence electrons. The monoisotopic (exact) mass is 254 g/mol. The highest BCUT2D eigenvalue weighted by Gasteiger charge is 2.05. The number of halogens is 1. The van der Waals surface area contributed by atoms with E-state index in [4.69, 9.17) is 11.6 Å². The largest absolute Gasteiger partial charge is 0.352 e. The van der Waals surface area contributed by atoms with Crippen LogP contribution in [0.5, 0.6) is 0 Å². The molecule has 1 aromatic rings. The first kappa shape index (κ1) is 13.5. The lowest BCUT2D eigenvalue weighted by Gasteiger charge is -2.06. The number of benzene rings is 1. The van der Waals surface area contributed by atoms with Crippen molar-refractivity contribution in [2.75, 3.05) is 12.4 Å². The second-order valence-corrected chi connectivity index (χ2v) is 3.74. The van der Waals surface area contributed by atoms with E-state index in [1.54, 1.807) is 18.2 Å². The van der Waals surface area contributed by atoms with E-state index in [0.29, 0.717) is 18.7 Å². The van der Waals surface area contributed by atoms with Gasteiger partial charge in [0.05, 0.1) is 0 Å². The molecule has 0 saturated carbocycles. The molecule has 0 aliphatic carbocycles. The molecular formula is C12H15ClN2O2. The van der Waals surface area contributed by atoms with Crippen molar-refractivity contribution in [2.45, 2.75) is 13.5 Å². The molecule has 0 aromatic heterocycles. The Kier molecular flexibility index (Phi) is 5.49. The highest BCUT2D eigenvalue weighted by Crippen LogP contribution is 2.05. The third-order valence-electron chi connectivity index (χ3n) is 2.14. The molecule has 5 heteroatoms. The fraction of sp³-hybridized carbons (Fsp3) is 0.333. The van der Waals surface area contributed by atoms with Crippen molar-refractivity contribution in [3.63, 3.8) is 0 Å². The Hall–Kier alpha value is -1.55. The van der Waals surface area contributed by atoms with E-state index in [9.17, 15) is 9.59 Å². The molecule has 17 heavy (non-hydrogen) atoms. The number of carbonyl (C=O) groups excluding carboxylic acids is 2. The van der Waals surface area contributed by atoms with Gasteiger partial charge in [0, 0.05) is 18.7 Å². The van der Waals surface area contributed by atoms with Gasteiger partial charge in [0.2, 0.25) is 5.91 Å². The zero-order chi connectivity index (χ0) is 12.7. The molecule has 0 aliphatic rings. The molecule has 0 radical (unpaired) electrons. The minimum absolute atomic E-state index is 0.0595. The maximum Gasteiger partial charge on any atom is 0.251 e. The van der Waals surface area contributed by atoms with Gasteiger partial charge in [0.1, 0.15) is 5.88 Å². The Morgan fingerprint density at radius 3 is 2.71 bits per heavy atom. The maximum atomic E-state index is 11.6. The van der Waals surface area contributed by atoms with Crippen LogP contribution in [0.3, 0.4) is 0 Å². The standard InChI is InChI=1S/C12H15ClN2O2/c1-2-14-12(17)10-5-3-4-9(6-10)8-15-11(16)7-13/h3-6H,2,7-8H2,1H3,(H,14,17)(H,15,16). The molecule has 0 spiro atoms. The molecule has 1 rings (SSSR count). The zero-order valence-electron chi connectivity index (χ0n) is 9.63. The normalized spacial score (nSPS) is 9.76. The second kappa shape index (κ2) is 6.91. The quantitative estimate of drug-likeness (QED) is 0.778. The van der Waals surface area contributed by atoms with Crippen LogP contribution in [0.15, 0.2) is 24.3 Å². The van der Waals surface area contributed by atoms with Crippen molar-refractivity contribution in [3.05, 3.63) is 35.4 Å². The van der Waals surface area contributed by atoms with Crippen LogP contribution >= 0.6 is 11.6 Å². The van der Waals surface area contributed by atoms with Gasteiger partial charge < -0.3 is 10.6 Å². The third kappa shape index (κ3) is 4.44. The lowest BCUT2D eigenvalue weighted by Crippen LogP contribution is -2.25. The van der Waals surface area contributed by atoms with Gasteiger partial charge in [-0.05, 0) is 24.6 Å². The second-order valence-electron chi connectivity index (χ2n) is 3.47. The van der Waals surface area contributed by atoms with Gasteiger partial charge in [-0.15, -0.1) is 11.6 Å². The highest BCUT2D eigenvalue weighted by atomic mass is 35.5. The number of hydrogen-bond donors (Lipinski definition) is 2. The number of hydrogen-bond acceptors (Lipinski definition) is 2. The smallest absolute Gasteiger partial charge is 0.251 e. The number of amides is 2. The molecule has 0 aliphatic heterocycles. The fourth-order valence-corrected chi connectivity index (χ4v) is 1.43. The van der Waals surface area contributed by atoms with Crippen LogP contribution in [-0.4, -0.2) is 24.2 Å². The SMILES string of the molecule is CCNC(=O)c1cccc(CNC(=O)CCl)c1. The van der Waals surface area contributed by atoms with Crippen LogP contribution in [0.4, 0.5) is 0 Å². The summed E-state index contributed by atoms with van der Waals surface area (Å²) in [4.78, 5) is 22.6. The van der Waals surface area contributed by atoms with Crippen molar-refractivity contribution >= 4 is 23.4 Å². The van der Waals surface area contributed by atoms with Crippen molar-refractivity contribution in [1.82, 2.24) is 10.6 Å². The highest BCUT2D eigenvalue weighted by molar-refractivity contribution is 6.27. The average molecular weight is 255 g/mol. The molecule has 0 bridgehead atoms. The number of alkyl halides is 1. The summed E-state index contributed by atoms with van der Waals surface area (Å²) in [5, 5.41) is 5.36. The lowest BCUT2D eigenvalue weighted by molar-refractivity contribution is -0.118. The zero-order valence-corrected chi connectivity index (χ0v) is 10.4. The van der Waals surface area contributed by atoms with Gasteiger partial charge in [-0.3, -0.25) is 9.59 Å². The predicted octanol–water partition coefficient (Wildman–Crippen LogP) is 1.29. The molecule has 0 heterocycles. The summed E-state index contributed by atoms with van der Waals surface area (Å²) in [5.41, 5.74) is 1.46. The van der Waals surface area contributed by atoms with Crippen molar-refractivity contribution in [2.24, 2.45) is 0 Å². The van der Waals surface area contributed by atoms with E-state index in [1.807, 2.05) is 13.0 Å². The van der Waals surface area contributed by atoms with E-state index in [1.165, 1.54) is 0 Å². The molecule has 0 atom stereocenters. The minimum atomic E-state index is -0.227. The first-order valence-corrected chi connectivity index (χ1v) is 5.90. The van der Waals surface area contributed by atoms with Crippen molar-refractivity contribution in [1.29, 1.82) is 0 Å². The van der Waals surface area contributed by atoms with Crippen LogP contribution in [0.2, 0.25) is 0 Å². The van der Waals surface area contributed by atoms with Crippen molar-refractivity contribution < 1.29 is 9.59 Å². The first-order chi connectivity index (χ1) is 8.17. The Labute approximate surface area is 105 Å². The van der Waals surface area contributed by atoms with Gasteiger partial charge in [-0.1, -0.05) is 12.1 Å². The molecule has 2 amide bonds. The Balaban J connectivity index is 2.65. The van der Waals surface area contributed by atoms with E-state index in [-0.39, 0.29) is 17.7 Å². The van der Waals surface area contributed by atoms with Gasteiger partial charge in [0.15, 0.2) is 0 Å². The summed E-state index contributed by atoms with van der Waals surface area (Å²) in [6.45, 7) is 2.83. The average Bonchev–Trinajstić information content (AvgIpc) is 2.36. The van der Waals surface area contributed by atoms with Crippen LogP contribution in [-0.2, 0) is 11.3 Å². The molecule has 1 aromatic carbocycles. The third-order valence-corrected chi connectivity index (χ3v) is 2.38. The summed E-state index contributed by atoms with van der Waals surface area (Å²) >= 11 is 5.37. The van der Waals surface area contributed by atoms with Crippen LogP contribution in [0.25, 0.3) is 0 Å². The molecular weight excluding hydrogens is 240 g/mol. The van der Waals surface area contributed by atoms with E-state index >= 15 is 0 Å². The van der Waals surface area contributed by atoms with Gasteiger partial charge in [0.25, 0.3) is 5.91 Å². The topological polar surface area (TPSA) is 58.2 Å². The fourth-order valence-electron chi connectivity index (χ4n) is 1.33. The summed E-state index contributed by atoms with van der Waals surface area (Å²) in [7, 11) is 0. The molecule has 0 fully saturated rings. The number of nitrogens with one attached hydrogen (secondary N) is 2. The molecule has 4 nitrogen and oxygen atoms in total. The predicted molar refractivity (Wildman–Crippen MR) is 67.0 cm³/mol. The Morgan fingerprint density at radius 1 is 1.29 bits per heavy atom. The van der Waals surface area contributed by atoms with Crippen LogP contribution in [0.1, 0.15) is 22.8 Å². The Bertz CT molecular complexity index is 407. The Morgan fingerprint density at radius 2 is 2.06 bits per heavy atom.